The molecule has 1 heterocycles. The number of halogens is 1. The molecule has 0 aromatic carbocycles. The van der Waals surface area contributed by atoms with Gasteiger partial charge in [0.25, 0.3) is 0 Å². The molecule has 0 amide bonds. The van der Waals surface area contributed by atoms with Crippen molar-refractivity contribution < 1.29 is 0 Å². The van der Waals surface area contributed by atoms with Crippen molar-refractivity contribution in [1.82, 2.24) is 9.97 Å². The summed E-state index contributed by atoms with van der Waals surface area (Å²) in [5.74, 6) is 1.05. The number of aromatic nitrogens is 2. The minimum atomic E-state index is 0.606. The van der Waals surface area contributed by atoms with Crippen molar-refractivity contribution in [3.63, 3.8) is 0 Å². The van der Waals surface area contributed by atoms with Gasteiger partial charge < -0.3 is 5.32 Å². The molecule has 0 spiro atoms. The summed E-state index contributed by atoms with van der Waals surface area (Å²) in [4.78, 5) is 9.26. The molecule has 0 bridgehead atoms. The number of fused-ring (bicyclic) bond motifs is 1. The van der Waals surface area contributed by atoms with E-state index in [1.54, 1.807) is 6.33 Å². The van der Waals surface area contributed by atoms with Crippen LogP contribution in [0.3, 0.4) is 0 Å². The Balaban J connectivity index is 1.92. The first-order chi connectivity index (χ1) is 7.81. The van der Waals surface area contributed by atoms with Gasteiger partial charge in [0, 0.05) is 22.6 Å². The first-order valence-corrected chi connectivity index (χ1v) is 6.93. The van der Waals surface area contributed by atoms with Crippen molar-refractivity contribution in [3.05, 3.63) is 17.6 Å². The number of hydrogen-bond acceptors (Lipinski definition) is 3. The molecule has 1 N–H and O–H groups in total. The summed E-state index contributed by atoms with van der Waals surface area (Å²) in [6.45, 7) is 3.18. The van der Waals surface area contributed by atoms with E-state index in [4.69, 9.17) is 0 Å². The lowest BCUT2D eigenvalue weighted by atomic mass is 10.2. The quantitative estimate of drug-likeness (QED) is 0.845. The van der Waals surface area contributed by atoms with Crippen LogP contribution >= 0.6 is 15.9 Å². The average molecular weight is 284 g/mol. The minimum absolute atomic E-state index is 0.606. The molecule has 16 heavy (non-hydrogen) atoms. The molecule has 1 aliphatic rings. The summed E-state index contributed by atoms with van der Waals surface area (Å²) < 4.78 is 0. The van der Waals surface area contributed by atoms with Crippen LogP contribution < -0.4 is 5.32 Å². The van der Waals surface area contributed by atoms with Crippen molar-refractivity contribution >= 4 is 21.7 Å². The molecule has 1 aliphatic carbocycles. The molecule has 0 saturated carbocycles. The Morgan fingerprint density at radius 3 is 3.12 bits per heavy atom. The van der Waals surface area contributed by atoms with Gasteiger partial charge in [-0.25, -0.2) is 9.97 Å². The topological polar surface area (TPSA) is 37.8 Å². The highest BCUT2D eigenvalue weighted by Gasteiger charge is 2.16. The molecule has 0 radical (unpaired) electrons. The summed E-state index contributed by atoms with van der Waals surface area (Å²) in [7, 11) is 0. The van der Waals surface area contributed by atoms with Gasteiger partial charge in [-0.1, -0.05) is 22.9 Å². The van der Waals surface area contributed by atoms with Crippen molar-refractivity contribution in [2.75, 3.05) is 11.9 Å². The maximum Gasteiger partial charge on any atom is 0.132 e. The zero-order valence-electron chi connectivity index (χ0n) is 9.67. The molecule has 1 aromatic heterocycles. The van der Waals surface area contributed by atoms with Crippen LogP contribution in [0.5, 0.6) is 0 Å². The van der Waals surface area contributed by atoms with Crippen LogP contribution in [0.1, 0.15) is 37.4 Å². The highest BCUT2D eigenvalue weighted by molar-refractivity contribution is 9.09. The van der Waals surface area contributed by atoms with Gasteiger partial charge in [-0.2, -0.15) is 0 Å². The fraction of sp³-hybridized carbons (Fsp3) is 0.667. The van der Waals surface area contributed by atoms with E-state index in [1.165, 1.54) is 24.1 Å². The van der Waals surface area contributed by atoms with Crippen LogP contribution in [0.2, 0.25) is 0 Å². The summed E-state index contributed by atoms with van der Waals surface area (Å²) in [6, 6.07) is 0. The lowest BCUT2D eigenvalue weighted by molar-refractivity contribution is 0.771. The standard InChI is InChI=1S/C12H18BrN3/c1-2-9(13)6-7-14-12-10-4-3-5-11(10)15-8-16-12/h8-9H,2-7H2,1H3,(H,14,15,16). The van der Waals surface area contributed by atoms with Crippen molar-refractivity contribution in [1.29, 1.82) is 0 Å². The van der Waals surface area contributed by atoms with E-state index in [0.717, 1.165) is 31.6 Å². The Labute approximate surface area is 105 Å². The summed E-state index contributed by atoms with van der Waals surface area (Å²) >= 11 is 3.64. The first-order valence-electron chi connectivity index (χ1n) is 6.02. The van der Waals surface area contributed by atoms with E-state index >= 15 is 0 Å². The number of rotatable bonds is 5. The maximum atomic E-state index is 4.34. The molecule has 1 atom stereocenters. The number of anilines is 1. The normalized spacial score (nSPS) is 15.9. The Morgan fingerprint density at radius 2 is 2.31 bits per heavy atom. The molecule has 0 fully saturated rings. The van der Waals surface area contributed by atoms with E-state index in [1.807, 2.05) is 0 Å². The molecule has 3 nitrogen and oxygen atoms in total. The van der Waals surface area contributed by atoms with Crippen LogP contribution in [-0.2, 0) is 12.8 Å². The number of hydrogen-bond donors (Lipinski definition) is 1. The Kier molecular flexibility index (Phi) is 4.16. The van der Waals surface area contributed by atoms with Gasteiger partial charge in [0.1, 0.15) is 12.1 Å². The third-order valence-electron chi connectivity index (χ3n) is 3.07. The second-order valence-electron chi connectivity index (χ2n) is 4.22. The average Bonchev–Trinajstić information content (AvgIpc) is 2.77. The van der Waals surface area contributed by atoms with Crippen LogP contribution in [0.15, 0.2) is 6.33 Å². The molecular formula is C12H18BrN3. The Bertz CT molecular complexity index is 354. The van der Waals surface area contributed by atoms with Gasteiger partial charge in [0.15, 0.2) is 0 Å². The first kappa shape index (κ1) is 11.8. The van der Waals surface area contributed by atoms with Gasteiger partial charge in [0.2, 0.25) is 0 Å². The summed E-state index contributed by atoms with van der Waals surface area (Å²) in [6.07, 6.45) is 7.45. The van der Waals surface area contributed by atoms with E-state index in [2.05, 4.69) is 38.1 Å². The molecule has 1 unspecified atom stereocenters. The Hall–Kier alpha value is -0.640. The summed E-state index contributed by atoms with van der Waals surface area (Å²) in [5.41, 5.74) is 2.58. The summed E-state index contributed by atoms with van der Waals surface area (Å²) in [5, 5.41) is 3.43. The highest BCUT2D eigenvalue weighted by Crippen LogP contribution is 2.25. The predicted octanol–water partition coefficient (Wildman–Crippen LogP) is 2.94. The fourth-order valence-electron chi connectivity index (χ4n) is 2.06. The zero-order valence-corrected chi connectivity index (χ0v) is 11.3. The smallest absolute Gasteiger partial charge is 0.132 e. The van der Waals surface area contributed by atoms with Crippen LogP contribution in [0, 0.1) is 0 Å². The number of alkyl halides is 1. The van der Waals surface area contributed by atoms with Gasteiger partial charge in [-0.15, -0.1) is 0 Å². The lowest BCUT2D eigenvalue weighted by Gasteiger charge is -2.11. The van der Waals surface area contributed by atoms with Gasteiger partial charge in [-0.05, 0) is 32.1 Å². The highest BCUT2D eigenvalue weighted by atomic mass is 79.9. The number of nitrogens with zero attached hydrogens (tertiary/aromatic N) is 2. The van der Waals surface area contributed by atoms with E-state index in [9.17, 15) is 0 Å². The largest absolute Gasteiger partial charge is 0.370 e. The molecule has 88 valence electrons. The van der Waals surface area contributed by atoms with Crippen molar-refractivity contribution in [2.24, 2.45) is 0 Å². The van der Waals surface area contributed by atoms with E-state index < -0.39 is 0 Å². The molecule has 1 aromatic rings. The van der Waals surface area contributed by atoms with Crippen molar-refractivity contribution in [3.8, 4) is 0 Å². The van der Waals surface area contributed by atoms with E-state index in [0.29, 0.717) is 4.83 Å². The lowest BCUT2D eigenvalue weighted by Crippen LogP contribution is -2.10. The van der Waals surface area contributed by atoms with Gasteiger partial charge >= 0.3 is 0 Å². The van der Waals surface area contributed by atoms with Crippen LogP contribution in [-0.4, -0.2) is 21.3 Å². The Morgan fingerprint density at radius 1 is 1.44 bits per heavy atom. The molecule has 4 heteroatoms. The molecule has 0 aliphatic heterocycles. The monoisotopic (exact) mass is 283 g/mol. The molecule has 2 rings (SSSR count). The number of nitrogens with one attached hydrogen (secondary N) is 1. The van der Waals surface area contributed by atoms with Crippen molar-refractivity contribution in [2.45, 2.75) is 43.9 Å². The van der Waals surface area contributed by atoms with Crippen LogP contribution in [0.4, 0.5) is 5.82 Å². The second kappa shape index (κ2) is 5.62. The van der Waals surface area contributed by atoms with Gasteiger partial charge in [0.05, 0.1) is 0 Å². The van der Waals surface area contributed by atoms with E-state index in [-0.39, 0.29) is 0 Å². The number of aryl methyl sites for hydroxylation is 1. The minimum Gasteiger partial charge on any atom is -0.370 e. The molecular weight excluding hydrogens is 266 g/mol. The third-order valence-corrected chi connectivity index (χ3v) is 4.17. The third kappa shape index (κ3) is 2.73. The zero-order chi connectivity index (χ0) is 11.4. The fourth-order valence-corrected chi connectivity index (χ4v) is 2.29. The SMILES string of the molecule is CCC(Br)CCNc1ncnc2c1CCC2. The van der Waals surface area contributed by atoms with Gasteiger partial charge in [-0.3, -0.25) is 0 Å². The van der Waals surface area contributed by atoms with Crippen LogP contribution in [0.25, 0.3) is 0 Å². The predicted molar refractivity (Wildman–Crippen MR) is 70.2 cm³/mol. The maximum absolute atomic E-state index is 4.34. The second-order valence-corrected chi connectivity index (χ2v) is 5.52. The molecule has 0 saturated heterocycles.